The zero-order chi connectivity index (χ0) is 20.3. The highest BCUT2D eigenvalue weighted by Crippen LogP contribution is 2.26. The summed E-state index contributed by atoms with van der Waals surface area (Å²) in [4.78, 5) is 14.8. The van der Waals surface area contributed by atoms with E-state index in [0.717, 1.165) is 0 Å². The molecule has 10 heteroatoms. The van der Waals surface area contributed by atoms with Crippen LogP contribution in [0.3, 0.4) is 0 Å². The van der Waals surface area contributed by atoms with Crippen molar-refractivity contribution in [2.45, 2.75) is 11.3 Å². The number of benzene rings is 1. The molecule has 1 fully saturated rings. The zero-order valence-corrected chi connectivity index (χ0v) is 17.0. The van der Waals surface area contributed by atoms with E-state index < -0.39 is 10.0 Å². The predicted octanol–water partition coefficient (Wildman–Crippen LogP) is 0.974. The average molecular weight is 408 g/mol. The van der Waals surface area contributed by atoms with Gasteiger partial charge in [0.1, 0.15) is 16.4 Å². The second kappa shape index (κ2) is 8.19. The number of nitrogens with zero attached hydrogens (tertiary/aromatic N) is 4. The minimum Gasteiger partial charge on any atom is -0.497 e. The molecule has 1 aromatic carbocycles. The molecular weight excluding hydrogens is 384 g/mol. The fourth-order valence-corrected chi connectivity index (χ4v) is 4.62. The molecule has 152 valence electrons. The second-order valence-electron chi connectivity index (χ2n) is 6.47. The van der Waals surface area contributed by atoms with E-state index in [-0.39, 0.29) is 17.3 Å². The summed E-state index contributed by atoms with van der Waals surface area (Å²) in [6, 6.07) is 5.02. The van der Waals surface area contributed by atoms with Crippen molar-refractivity contribution in [3.05, 3.63) is 36.2 Å². The Morgan fingerprint density at radius 2 is 1.89 bits per heavy atom. The summed E-state index contributed by atoms with van der Waals surface area (Å²) in [7, 11) is 1.08. The van der Waals surface area contributed by atoms with Crippen molar-refractivity contribution in [3.63, 3.8) is 0 Å². The van der Waals surface area contributed by atoms with E-state index in [1.807, 2.05) is 0 Å². The summed E-state index contributed by atoms with van der Waals surface area (Å²) in [5.74, 6) is 0.826. The van der Waals surface area contributed by atoms with Crippen molar-refractivity contribution in [2.24, 2.45) is 7.05 Å². The van der Waals surface area contributed by atoms with Crippen LogP contribution in [0.2, 0.25) is 0 Å². The largest absolute Gasteiger partial charge is 0.497 e. The standard InChI is InChI=1S/C18H24N4O5S/c1-20-13-15(12-19-20)28(24,25)22-8-4-7-21(9-10-22)18(23)16-6-5-14(26-2)11-17(16)27-3/h5-6,11-13H,4,7-10H2,1-3H3. The number of amides is 1. The number of carbonyl (C=O) groups is 1. The summed E-state index contributed by atoms with van der Waals surface area (Å²) in [6.45, 7) is 1.34. The Hall–Kier alpha value is -2.59. The van der Waals surface area contributed by atoms with E-state index >= 15 is 0 Å². The van der Waals surface area contributed by atoms with Gasteiger partial charge in [0.05, 0.1) is 26.0 Å². The van der Waals surface area contributed by atoms with Crippen molar-refractivity contribution in [3.8, 4) is 11.5 Å². The van der Waals surface area contributed by atoms with Gasteiger partial charge < -0.3 is 14.4 Å². The number of hydrogen-bond acceptors (Lipinski definition) is 6. The summed E-state index contributed by atoms with van der Waals surface area (Å²) < 4.78 is 39.0. The quantitative estimate of drug-likeness (QED) is 0.732. The van der Waals surface area contributed by atoms with Gasteiger partial charge in [0.15, 0.2) is 0 Å². The number of ether oxygens (including phenoxy) is 2. The number of rotatable bonds is 5. The first-order valence-electron chi connectivity index (χ1n) is 8.87. The Morgan fingerprint density at radius 1 is 1.11 bits per heavy atom. The van der Waals surface area contributed by atoms with Crippen LogP contribution in [0.1, 0.15) is 16.8 Å². The Labute approximate surface area is 164 Å². The molecule has 0 aliphatic carbocycles. The highest BCUT2D eigenvalue weighted by molar-refractivity contribution is 7.89. The summed E-state index contributed by atoms with van der Waals surface area (Å²) in [5, 5.41) is 3.94. The monoisotopic (exact) mass is 408 g/mol. The van der Waals surface area contributed by atoms with Gasteiger partial charge in [-0.15, -0.1) is 0 Å². The van der Waals surface area contributed by atoms with E-state index in [0.29, 0.717) is 43.1 Å². The maximum absolute atomic E-state index is 13.0. The predicted molar refractivity (Wildman–Crippen MR) is 102 cm³/mol. The third kappa shape index (κ3) is 3.97. The number of methoxy groups -OCH3 is 2. The molecule has 1 saturated heterocycles. The van der Waals surface area contributed by atoms with Gasteiger partial charge in [-0.05, 0) is 18.6 Å². The number of aromatic nitrogens is 2. The van der Waals surface area contributed by atoms with Crippen LogP contribution in [0.4, 0.5) is 0 Å². The molecule has 0 bridgehead atoms. The molecule has 1 aromatic heterocycles. The second-order valence-corrected chi connectivity index (χ2v) is 8.40. The fraction of sp³-hybridized carbons (Fsp3) is 0.444. The van der Waals surface area contributed by atoms with Crippen LogP contribution in [0, 0.1) is 0 Å². The molecule has 1 aliphatic rings. The van der Waals surface area contributed by atoms with E-state index in [1.54, 1.807) is 37.3 Å². The third-order valence-corrected chi connectivity index (χ3v) is 6.55. The van der Waals surface area contributed by atoms with Crippen molar-refractivity contribution in [2.75, 3.05) is 40.4 Å². The molecule has 0 unspecified atom stereocenters. The lowest BCUT2D eigenvalue weighted by atomic mass is 10.1. The highest BCUT2D eigenvalue weighted by Gasteiger charge is 2.30. The SMILES string of the molecule is COc1ccc(C(=O)N2CCCN(S(=O)(=O)c3cnn(C)c3)CC2)c(OC)c1. The Balaban J connectivity index is 1.76. The first-order chi connectivity index (χ1) is 13.4. The van der Waals surface area contributed by atoms with Crippen LogP contribution in [0.15, 0.2) is 35.5 Å². The molecule has 0 spiro atoms. The zero-order valence-electron chi connectivity index (χ0n) is 16.2. The van der Waals surface area contributed by atoms with E-state index in [4.69, 9.17) is 9.47 Å². The maximum Gasteiger partial charge on any atom is 0.257 e. The first-order valence-corrected chi connectivity index (χ1v) is 10.3. The number of carbonyl (C=O) groups excluding carboxylic acids is 1. The summed E-state index contributed by atoms with van der Waals surface area (Å²) in [6.07, 6.45) is 3.36. The normalized spacial score (nSPS) is 15.9. The van der Waals surface area contributed by atoms with Gasteiger partial charge in [-0.1, -0.05) is 0 Å². The molecule has 28 heavy (non-hydrogen) atoms. The van der Waals surface area contributed by atoms with Gasteiger partial charge in [-0.3, -0.25) is 9.48 Å². The molecule has 2 aromatic rings. The molecule has 0 saturated carbocycles. The van der Waals surface area contributed by atoms with E-state index in [2.05, 4.69) is 5.10 Å². The number of aryl methyl sites for hydroxylation is 1. The van der Waals surface area contributed by atoms with Crippen LogP contribution in [-0.4, -0.2) is 73.7 Å². The molecule has 9 nitrogen and oxygen atoms in total. The molecule has 2 heterocycles. The van der Waals surface area contributed by atoms with Crippen molar-refractivity contribution < 1.29 is 22.7 Å². The molecule has 0 N–H and O–H groups in total. The van der Waals surface area contributed by atoms with Crippen LogP contribution >= 0.6 is 0 Å². The molecule has 0 radical (unpaired) electrons. The van der Waals surface area contributed by atoms with Gasteiger partial charge in [0, 0.05) is 45.5 Å². The Morgan fingerprint density at radius 3 is 2.54 bits per heavy atom. The van der Waals surface area contributed by atoms with Crippen molar-refractivity contribution in [1.82, 2.24) is 19.0 Å². The first kappa shape index (κ1) is 20.2. The molecule has 1 amide bonds. The maximum atomic E-state index is 13.0. The molecular formula is C18H24N4O5S. The average Bonchev–Trinajstić information content (AvgIpc) is 2.99. The van der Waals surface area contributed by atoms with E-state index in [9.17, 15) is 13.2 Å². The van der Waals surface area contributed by atoms with Crippen molar-refractivity contribution in [1.29, 1.82) is 0 Å². The number of hydrogen-bond donors (Lipinski definition) is 0. The Bertz CT molecular complexity index is 957. The van der Waals surface area contributed by atoms with Crippen LogP contribution in [-0.2, 0) is 17.1 Å². The molecule has 0 atom stereocenters. The van der Waals surface area contributed by atoms with Crippen LogP contribution in [0.25, 0.3) is 0 Å². The topological polar surface area (TPSA) is 94.0 Å². The van der Waals surface area contributed by atoms with Crippen LogP contribution in [0.5, 0.6) is 11.5 Å². The smallest absolute Gasteiger partial charge is 0.257 e. The van der Waals surface area contributed by atoms with E-state index in [1.165, 1.54) is 28.5 Å². The van der Waals surface area contributed by atoms with Crippen molar-refractivity contribution >= 4 is 15.9 Å². The third-order valence-electron chi connectivity index (χ3n) is 4.70. The molecule has 1 aliphatic heterocycles. The van der Waals surface area contributed by atoms with Crippen LogP contribution < -0.4 is 9.47 Å². The Kier molecular flexibility index (Phi) is 5.90. The van der Waals surface area contributed by atoms with Gasteiger partial charge >= 0.3 is 0 Å². The van der Waals surface area contributed by atoms with Gasteiger partial charge in [-0.25, -0.2) is 8.42 Å². The lowest BCUT2D eigenvalue weighted by Crippen LogP contribution is -2.37. The minimum atomic E-state index is -3.63. The lowest BCUT2D eigenvalue weighted by Gasteiger charge is -2.22. The summed E-state index contributed by atoms with van der Waals surface area (Å²) >= 11 is 0. The lowest BCUT2D eigenvalue weighted by molar-refractivity contribution is 0.0761. The fourth-order valence-electron chi connectivity index (χ4n) is 3.16. The number of sulfonamides is 1. The van der Waals surface area contributed by atoms with Gasteiger partial charge in [0.2, 0.25) is 10.0 Å². The van der Waals surface area contributed by atoms with Gasteiger partial charge in [-0.2, -0.15) is 9.40 Å². The highest BCUT2D eigenvalue weighted by atomic mass is 32.2. The van der Waals surface area contributed by atoms with Gasteiger partial charge in [0.25, 0.3) is 5.91 Å². The molecule has 3 rings (SSSR count). The minimum absolute atomic E-state index is 0.159. The summed E-state index contributed by atoms with van der Waals surface area (Å²) in [5.41, 5.74) is 0.423.